The lowest BCUT2D eigenvalue weighted by atomic mass is 10.1. The predicted octanol–water partition coefficient (Wildman–Crippen LogP) is 3.57. The summed E-state index contributed by atoms with van der Waals surface area (Å²) >= 11 is 0. The van der Waals surface area contributed by atoms with Gasteiger partial charge in [0, 0.05) is 25.4 Å². The number of fused-ring (bicyclic) bond motifs is 1. The number of nitrogens with zero attached hydrogens (tertiary/aromatic N) is 1. The minimum atomic E-state index is 0.397. The van der Waals surface area contributed by atoms with Gasteiger partial charge in [0.05, 0.1) is 0 Å². The largest absolute Gasteiger partial charge is 0.299 e. The maximum atomic E-state index is 11.6. The number of ketones is 1. The molecule has 2 rings (SSSR count). The van der Waals surface area contributed by atoms with Crippen LogP contribution in [0.15, 0.2) is 11.1 Å². The lowest BCUT2D eigenvalue weighted by Gasteiger charge is -2.15. The van der Waals surface area contributed by atoms with Crippen LogP contribution in [0.5, 0.6) is 0 Å². The summed E-state index contributed by atoms with van der Waals surface area (Å²) in [5.41, 5.74) is 2.52. The second-order valence-electron chi connectivity index (χ2n) is 5.98. The van der Waals surface area contributed by atoms with E-state index in [2.05, 4.69) is 11.8 Å². The van der Waals surface area contributed by atoms with Crippen molar-refractivity contribution < 1.29 is 4.79 Å². The van der Waals surface area contributed by atoms with Gasteiger partial charge in [-0.15, -0.1) is 0 Å². The first-order valence-corrected chi connectivity index (χ1v) is 7.67. The number of hydrogen-bond donors (Lipinski definition) is 0. The molecule has 1 atom stereocenters. The molecule has 0 N–H and O–H groups in total. The first-order valence-electron chi connectivity index (χ1n) is 7.67. The second-order valence-corrected chi connectivity index (χ2v) is 5.98. The summed E-state index contributed by atoms with van der Waals surface area (Å²) in [7, 11) is 0. The molecule has 102 valence electrons. The SMILES string of the molecule is CCCCCCCCN1CC2=C(C)C(=O)CC2C1. The van der Waals surface area contributed by atoms with Crippen LogP contribution in [-0.4, -0.2) is 30.3 Å². The lowest BCUT2D eigenvalue weighted by Crippen LogP contribution is -2.23. The van der Waals surface area contributed by atoms with Gasteiger partial charge in [-0.1, -0.05) is 39.0 Å². The Balaban J connectivity index is 1.64. The van der Waals surface area contributed by atoms with Gasteiger partial charge in [-0.25, -0.2) is 0 Å². The number of Topliss-reactive ketones (excluding diaryl/α,β-unsaturated/α-hetero) is 1. The third-order valence-electron chi connectivity index (χ3n) is 4.52. The monoisotopic (exact) mass is 249 g/mol. The summed E-state index contributed by atoms with van der Waals surface area (Å²) in [6, 6.07) is 0. The summed E-state index contributed by atoms with van der Waals surface area (Å²) < 4.78 is 0. The minimum Gasteiger partial charge on any atom is -0.299 e. The standard InChI is InChI=1S/C16H27NO/c1-3-4-5-6-7-8-9-17-11-14-10-16(18)13(2)15(14)12-17/h14H,3-12H2,1-2H3. The van der Waals surface area contributed by atoms with Gasteiger partial charge in [-0.05, 0) is 31.0 Å². The van der Waals surface area contributed by atoms with E-state index in [0.717, 1.165) is 25.1 Å². The quantitative estimate of drug-likeness (QED) is 0.643. The zero-order valence-corrected chi connectivity index (χ0v) is 12.0. The number of rotatable bonds is 7. The summed E-state index contributed by atoms with van der Waals surface area (Å²) in [6.07, 6.45) is 9.00. The van der Waals surface area contributed by atoms with Crippen LogP contribution in [0.25, 0.3) is 0 Å². The molecule has 1 unspecified atom stereocenters. The third kappa shape index (κ3) is 3.23. The van der Waals surface area contributed by atoms with Crippen LogP contribution in [0, 0.1) is 5.92 Å². The molecule has 2 nitrogen and oxygen atoms in total. The lowest BCUT2D eigenvalue weighted by molar-refractivity contribution is -0.115. The Hall–Kier alpha value is -0.630. The molecule has 0 saturated carbocycles. The summed E-state index contributed by atoms with van der Waals surface area (Å²) in [6.45, 7) is 7.71. The van der Waals surface area contributed by atoms with Crippen molar-refractivity contribution in [2.75, 3.05) is 19.6 Å². The predicted molar refractivity (Wildman–Crippen MR) is 75.6 cm³/mol. The smallest absolute Gasteiger partial charge is 0.159 e. The molecule has 0 aromatic rings. The van der Waals surface area contributed by atoms with E-state index in [-0.39, 0.29) is 0 Å². The van der Waals surface area contributed by atoms with Crippen LogP contribution >= 0.6 is 0 Å². The number of allylic oxidation sites excluding steroid dienone is 1. The molecule has 18 heavy (non-hydrogen) atoms. The van der Waals surface area contributed by atoms with Gasteiger partial charge in [0.1, 0.15) is 0 Å². The van der Waals surface area contributed by atoms with E-state index in [1.807, 2.05) is 6.92 Å². The third-order valence-corrected chi connectivity index (χ3v) is 4.52. The van der Waals surface area contributed by atoms with Gasteiger partial charge in [0.15, 0.2) is 5.78 Å². The van der Waals surface area contributed by atoms with Crippen molar-refractivity contribution >= 4 is 5.78 Å². The van der Waals surface area contributed by atoms with Crippen molar-refractivity contribution in [2.45, 2.75) is 58.8 Å². The van der Waals surface area contributed by atoms with Crippen molar-refractivity contribution in [3.63, 3.8) is 0 Å². The van der Waals surface area contributed by atoms with Gasteiger partial charge >= 0.3 is 0 Å². The summed E-state index contributed by atoms with van der Waals surface area (Å²) in [5, 5.41) is 0. The molecule has 1 aliphatic heterocycles. The molecule has 0 aromatic heterocycles. The second kappa shape index (κ2) is 6.51. The van der Waals surface area contributed by atoms with Gasteiger partial charge in [-0.2, -0.15) is 0 Å². The van der Waals surface area contributed by atoms with E-state index in [4.69, 9.17) is 0 Å². The van der Waals surface area contributed by atoms with Gasteiger partial charge in [0.25, 0.3) is 0 Å². The zero-order chi connectivity index (χ0) is 13.0. The first-order chi connectivity index (χ1) is 8.72. The van der Waals surface area contributed by atoms with Crippen LogP contribution < -0.4 is 0 Å². The van der Waals surface area contributed by atoms with Crippen molar-refractivity contribution in [3.8, 4) is 0 Å². The Labute approximate surface area is 111 Å². The number of carbonyl (C=O) groups is 1. The maximum Gasteiger partial charge on any atom is 0.159 e. The van der Waals surface area contributed by atoms with Crippen molar-refractivity contribution in [1.29, 1.82) is 0 Å². The molecule has 1 saturated heterocycles. The van der Waals surface area contributed by atoms with Crippen LogP contribution in [0.4, 0.5) is 0 Å². The number of unbranched alkanes of at least 4 members (excludes halogenated alkanes) is 5. The van der Waals surface area contributed by atoms with Crippen LogP contribution in [0.2, 0.25) is 0 Å². The zero-order valence-electron chi connectivity index (χ0n) is 12.0. The average Bonchev–Trinajstić information content (AvgIpc) is 2.85. The number of likely N-dealkylation sites (tertiary alicyclic amines) is 1. The minimum absolute atomic E-state index is 0.397. The Kier molecular flexibility index (Phi) is 4.99. The van der Waals surface area contributed by atoms with Crippen molar-refractivity contribution in [2.24, 2.45) is 5.92 Å². The fourth-order valence-corrected chi connectivity index (χ4v) is 3.31. The number of hydrogen-bond acceptors (Lipinski definition) is 2. The highest BCUT2D eigenvalue weighted by molar-refractivity contribution is 5.98. The van der Waals surface area contributed by atoms with E-state index in [9.17, 15) is 4.79 Å². The van der Waals surface area contributed by atoms with E-state index in [1.165, 1.54) is 50.6 Å². The molecular weight excluding hydrogens is 222 g/mol. The van der Waals surface area contributed by atoms with Crippen LogP contribution in [0.3, 0.4) is 0 Å². The molecule has 1 fully saturated rings. The molecule has 1 aliphatic carbocycles. The maximum absolute atomic E-state index is 11.6. The highest BCUT2D eigenvalue weighted by Gasteiger charge is 2.36. The van der Waals surface area contributed by atoms with E-state index >= 15 is 0 Å². The van der Waals surface area contributed by atoms with E-state index in [1.54, 1.807) is 0 Å². The van der Waals surface area contributed by atoms with Crippen molar-refractivity contribution in [1.82, 2.24) is 4.90 Å². The Morgan fingerprint density at radius 2 is 1.89 bits per heavy atom. The molecule has 0 amide bonds. The van der Waals surface area contributed by atoms with E-state index in [0.29, 0.717) is 11.7 Å². The molecule has 0 aromatic carbocycles. The Morgan fingerprint density at radius 1 is 1.17 bits per heavy atom. The normalized spacial score (nSPS) is 24.1. The molecular formula is C16H27NO. The molecule has 1 heterocycles. The topological polar surface area (TPSA) is 20.3 Å². The fourth-order valence-electron chi connectivity index (χ4n) is 3.31. The van der Waals surface area contributed by atoms with E-state index < -0.39 is 0 Å². The van der Waals surface area contributed by atoms with Gasteiger partial charge in [0.2, 0.25) is 0 Å². The van der Waals surface area contributed by atoms with Crippen LogP contribution in [-0.2, 0) is 4.79 Å². The highest BCUT2D eigenvalue weighted by Crippen LogP contribution is 2.35. The Morgan fingerprint density at radius 3 is 2.61 bits per heavy atom. The summed E-state index contributed by atoms with van der Waals surface area (Å²) in [5.74, 6) is 0.965. The number of carbonyl (C=O) groups excluding carboxylic acids is 1. The van der Waals surface area contributed by atoms with Crippen LogP contribution in [0.1, 0.15) is 58.8 Å². The first kappa shape index (κ1) is 13.8. The fraction of sp³-hybridized carbons (Fsp3) is 0.812. The average molecular weight is 249 g/mol. The van der Waals surface area contributed by atoms with Crippen molar-refractivity contribution in [3.05, 3.63) is 11.1 Å². The highest BCUT2D eigenvalue weighted by atomic mass is 16.1. The summed E-state index contributed by atoms with van der Waals surface area (Å²) in [4.78, 5) is 14.1. The molecule has 0 spiro atoms. The molecule has 0 radical (unpaired) electrons. The molecule has 2 heteroatoms. The molecule has 2 aliphatic rings. The van der Waals surface area contributed by atoms with Gasteiger partial charge < -0.3 is 0 Å². The van der Waals surface area contributed by atoms with Gasteiger partial charge in [-0.3, -0.25) is 9.69 Å². The molecule has 0 bridgehead atoms. The Bertz CT molecular complexity index is 332.